The van der Waals surface area contributed by atoms with Gasteiger partial charge in [0.25, 0.3) is 0 Å². The minimum atomic E-state index is 0.0623. The molecule has 3 nitrogen and oxygen atoms in total. The Kier molecular flexibility index (Phi) is 3.98. The number of hydrogen-bond donors (Lipinski definition) is 0. The minimum Gasteiger partial charge on any atom is -0.346 e. The molecule has 1 aromatic heterocycles. The van der Waals surface area contributed by atoms with Gasteiger partial charge in [0.15, 0.2) is 5.82 Å². The lowest BCUT2D eigenvalue weighted by Gasteiger charge is -2.54. The number of fused-ring (bicyclic) bond motifs is 1. The molecule has 3 heteroatoms. The summed E-state index contributed by atoms with van der Waals surface area (Å²) >= 11 is 0. The van der Waals surface area contributed by atoms with Crippen LogP contribution in [0, 0.1) is 0 Å². The zero-order valence-corrected chi connectivity index (χ0v) is 16.2. The van der Waals surface area contributed by atoms with E-state index in [9.17, 15) is 0 Å². The maximum absolute atomic E-state index is 5.10. The molecule has 0 N–H and O–H groups in total. The van der Waals surface area contributed by atoms with Crippen molar-refractivity contribution in [1.29, 1.82) is 0 Å². The van der Waals surface area contributed by atoms with Gasteiger partial charge in [-0.2, -0.15) is 0 Å². The van der Waals surface area contributed by atoms with Crippen LogP contribution in [-0.2, 0) is 0 Å². The van der Waals surface area contributed by atoms with Crippen molar-refractivity contribution in [3.63, 3.8) is 0 Å². The van der Waals surface area contributed by atoms with Gasteiger partial charge in [-0.15, -0.1) is 0 Å². The van der Waals surface area contributed by atoms with E-state index in [1.165, 1.54) is 19.3 Å². The van der Waals surface area contributed by atoms with E-state index in [0.29, 0.717) is 0 Å². The number of anilines is 1. The number of hydrogen-bond acceptors (Lipinski definition) is 3. The number of nitrogens with zero attached hydrogens (tertiary/aromatic N) is 3. The molecule has 1 aliphatic rings. The molecule has 2 heterocycles. The Morgan fingerprint density at radius 2 is 1.38 bits per heavy atom. The van der Waals surface area contributed by atoms with Crippen molar-refractivity contribution in [2.45, 2.75) is 58.0 Å². The second kappa shape index (κ2) is 6.08. The summed E-state index contributed by atoms with van der Waals surface area (Å²) in [6.45, 7) is 9.36. The third-order valence-corrected chi connectivity index (χ3v) is 5.61. The molecule has 1 aliphatic heterocycles. The number of piperidine rings is 1. The van der Waals surface area contributed by atoms with Crippen molar-refractivity contribution in [2.24, 2.45) is 0 Å². The average molecular weight is 345 g/mol. The zero-order chi connectivity index (χ0) is 18.4. The standard InChI is InChI=1S/C23H27N3/c1-22(2)15-10-16-23(3,4)26(22)21-18-13-8-9-14-19(18)24-20(25-21)17-11-6-5-7-12-17/h5-9,11-14H,10,15-16H2,1-4H3. The normalized spacial score (nSPS) is 18.8. The van der Waals surface area contributed by atoms with E-state index in [1.807, 2.05) is 18.2 Å². The van der Waals surface area contributed by atoms with Crippen molar-refractivity contribution in [3.05, 3.63) is 54.6 Å². The maximum Gasteiger partial charge on any atom is 0.162 e. The highest BCUT2D eigenvalue weighted by Gasteiger charge is 2.42. The Labute approximate surface area is 156 Å². The SMILES string of the molecule is CC1(C)CCCC(C)(C)N1c1nc(-c2ccccc2)nc2ccccc12. The summed E-state index contributed by atoms with van der Waals surface area (Å²) in [4.78, 5) is 12.5. The molecular formula is C23H27N3. The van der Waals surface area contributed by atoms with Gasteiger partial charge in [0.05, 0.1) is 5.52 Å². The maximum atomic E-state index is 5.10. The first-order valence-corrected chi connectivity index (χ1v) is 9.51. The van der Waals surface area contributed by atoms with Crippen LogP contribution in [0.25, 0.3) is 22.3 Å². The van der Waals surface area contributed by atoms with Crippen LogP contribution in [0.1, 0.15) is 47.0 Å². The second-order valence-corrected chi connectivity index (χ2v) is 8.57. The van der Waals surface area contributed by atoms with Gasteiger partial charge in [-0.05, 0) is 59.1 Å². The van der Waals surface area contributed by atoms with Gasteiger partial charge < -0.3 is 4.90 Å². The number of aromatic nitrogens is 2. The van der Waals surface area contributed by atoms with Crippen LogP contribution in [0.15, 0.2) is 54.6 Å². The molecule has 134 valence electrons. The third kappa shape index (κ3) is 2.86. The van der Waals surface area contributed by atoms with Crippen LogP contribution in [0.2, 0.25) is 0 Å². The molecule has 4 rings (SSSR count). The number of para-hydroxylation sites is 1. The Hall–Kier alpha value is -2.42. The fourth-order valence-corrected chi connectivity index (χ4v) is 4.52. The summed E-state index contributed by atoms with van der Waals surface area (Å²) in [5, 5.41) is 1.13. The summed E-state index contributed by atoms with van der Waals surface area (Å²) in [7, 11) is 0. The highest BCUT2D eigenvalue weighted by molar-refractivity contribution is 5.91. The van der Waals surface area contributed by atoms with Crippen molar-refractivity contribution >= 4 is 16.7 Å². The van der Waals surface area contributed by atoms with Gasteiger partial charge in [0, 0.05) is 22.0 Å². The highest BCUT2D eigenvalue weighted by Crippen LogP contribution is 2.43. The number of rotatable bonds is 2. The van der Waals surface area contributed by atoms with Crippen molar-refractivity contribution in [1.82, 2.24) is 9.97 Å². The Balaban J connectivity index is 1.99. The lowest BCUT2D eigenvalue weighted by molar-refractivity contribution is 0.243. The molecule has 0 unspecified atom stereocenters. The molecule has 0 atom stereocenters. The molecule has 0 amide bonds. The van der Waals surface area contributed by atoms with Gasteiger partial charge in [-0.25, -0.2) is 9.97 Å². The highest BCUT2D eigenvalue weighted by atomic mass is 15.3. The van der Waals surface area contributed by atoms with E-state index in [2.05, 4.69) is 69.0 Å². The lowest BCUT2D eigenvalue weighted by atomic mass is 9.79. The van der Waals surface area contributed by atoms with Crippen LogP contribution in [0.3, 0.4) is 0 Å². The Morgan fingerprint density at radius 1 is 0.769 bits per heavy atom. The van der Waals surface area contributed by atoms with Gasteiger partial charge in [-0.3, -0.25) is 0 Å². The van der Waals surface area contributed by atoms with Crippen LogP contribution in [-0.4, -0.2) is 21.0 Å². The minimum absolute atomic E-state index is 0.0623. The van der Waals surface area contributed by atoms with E-state index < -0.39 is 0 Å². The van der Waals surface area contributed by atoms with Crippen LogP contribution < -0.4 is 4.90 Å². The smallest absolute Gasteiger partial charge is 0.162 e. The Bertz CT molecular complexity index is 913. The van der Waals surface area contributed by atoms with E-state index in [1.54, 1.807) is 0 Å². The number of benzene rings is 2. The summed E-state index contributed by atoms with van der Waals surface area (Å²) in [6.07, 6.45) is 3.61. The Morgan fingerprint density at radius 3 is 2.08 bits per heavy atom. The lowest BCUT2D eigenvalue weighted by Crippen LogP contribution is -2.59. The first-order valence-electron chi connectivity index (χ1n) is 9.51. The van der Waals surface area contributed by atoms with Gasteiger partial charge >= 0.3 is 0 Å². The quantitative estimate of drug-likeness (QED) is 0.584. The summed E-state index contributed by atoms with van der Waals surface area (Å²) in [5.41, 5.74) is 2.19. The molecule has 1 saturated heterocycles. The molecule has 2 aromatic carbocycles. The van der Waals surface area contributed by atoms with E-state index >= 15 is 0 Å². The van der Waals surface area contributed by atoms with E-state index in [0.717, 1.165) is 28.1 Å². The van der Waals surface area contributed by atoms with Crippen LogP contribution in [0.4, 0.5) is 5.82 Å². The predicted octanol–water partition coefficient (Wildman–Crippen LogP) is 5.84. The van der Waals surface area contributed by atoms with Crippen molar-refractivity contribution in [2.75, 3.05) is 4.90 Å². The molecule has 0 bridgehead atoms. The first-order chi connectivity index (χ1) is 12.4. The van der Waals surface area contributed by atoms with Crippen LogP contribution >= 0.6 is 0 Å². The molecule has 0 saturated carbocycles. The van der Waals surface area contributed by atoms with Gasteiger partial charge in [0.1, 0.15) is 5.82 Å². The fourth-order valence-electron chi connectivity index (χ4n) is 4.52. The summed E-state index contributed by atoms with van der Waals surface area (Å²) in [6, 6.07) is 18.7. The van der Waals surface area contributed by atoms with Crippen molar-refractivity contribution in [3.8, 4) is 11.4 Å². The average Bonchev–Trinajstić information content (AvgIpc) is 2.61. The van der Waals surface area contributed by atoms with Gasteiger partial charge in [-0.1, -0.05) is 42.5 Å². The summed E-state index contributed by atoms with van der Waals surface area (Å²) in [5.74, 6) is 1.86. The monoisotopic (exact) mass is 345 g/mol. The molecule has 0 spiro atoms. The van der Waals surface area contributed by atoms with Gasteiger partial charge in [0.2, 0.25) is 0 Å². The predicted molar refractivity (Wildman–Crippen MR) is 109 cm³/mol. The second-order valence-electron chi connectivity index (χ2n) is 8.57. The van der Waals surface area contributed by atoms with Crippen LogP contribution in [0.5, 0.6) is 0 Å². The summed E-state index contributed by atoms with van der Waals surface area (Å²) < 4.78 is 0. The molecule has 3 aromatic rings. The van der Waals surface area contributed by atoms with E-state index in [4.69, 9.17) is 9.97 Å². The molecule has 0 radical (unpaired) electrons. The molecule has 0 aliphatic carbocycles. The topological polar surface area (TPSA) is 29.0 Å². The molecule has 1 fully saturated rings. The first kappa shape index (κ1) is 17.0. The third-order valence-electron chi connectivity index (χ3n) is 5.61. The van der Waals surface area contributed by atoms with Crippen molar-refractivity contribution < 1.29 is 0 Å². The molecule has 26 heavy (non-hydrogen) atoms. The molecular weight excluding hydrogens is 318 g/mol. The zero-order valence-electron chi connectivity index (χ0n) is 16.2. The van der Waals surface area contributed by atoms with E-state index in [-0.39, 0.29) is 11.1 Å². The largest absolute Gasteiger partial charge is 0.346 e. The fraction of sp³-hybridized carbons (Fsp3) is 0.391.